The molecule has 0 aromatic heterocycles. The Labute approximate surface area is 95.7 Å². The number of sulfonamides is 1. The number of allylic oxidation sites excluding steroid dienone is 1. The lowest BCUT2D eigenvalue weighted by Crippen LogP contribution is -2.24. The molecule has 4 nitrogen and oxygen atoms in total. The van der Waals surface area contributed by atoms with Gasteiger partial charge in [-0.15, -0.1) is 0 Å². The molecule has 1 rings (SSSR count). The Bertz CT molecular complexity index is 466. The Morgan fingerprint density at radius 3 is 2.81 bits per heavy atom. The minimum Gasteiger partial charge on any atom is -0.508 e. The fourth-order valence-corrected chi connectivity index (χ4v) is 2.26. The van der Waals surface area contributed by atoms with Crippen LogP contribution in [0.25, 0.3) is 0 Å². The standard InChI is InChI=1S/C11H15NO3S/c1-2-3-4-8-12-16(14,15)11-7-5-6-10(13)9-11/h2-3,5-7,9,12-13H,4,8H2,1H3/b3-2+. The number of rotatable bonds is 5. The van der Waals surface area contributed by atoms with Gasteiger partial charge in [-0.2, -0.15) is 0 Å². The zero-order valence-corrected chi connectivity index (χ0v) is 9.87. The molecule has 0 saturated carbocycles. The van der Waals surface area contributed by atoms with Crippen molar-refractivity contribution in [2.24, 2.45) is 0 Å². The number of aromatic hydroxyl groups is 1. The lowest BCUT2D eigenvalue weighted by Gasteiger charge is -2.05. The third kappa shape index (κ3) is 3.67. The predicted molar refractivity (Wildman–Crippen MR) is 62.7 cm³/mol. The minimum absolute atomic E-state index is 0.0590. The van der Waals surface area contributed by atoms with E-state index in [0.29, 0.717) is 13.0 Å². The highest BCUT2D eigenvalue weighted by molar-refractivity contribution is 7.89. The first-order valence-corrected chi connectivity index (χ1v) is 6.44. The highest BCUT2D eigenvalue weighted by Gasteiger charge is 2.12. The lowest BCUT2D eigenvalue weighted by atomic mass is 10.3. The summed E-state index contributed by atoms with van der Waals surface area (Å²) in [6.45, 7) is 2.23. The average molecular weight is 241 g/mol. The Morgan fingerprint density at radius 1 is 1.44 bits per heavy atom. The molecule has 2 N–H and O–H groups in total. The molecule has 0 amide bonds. The van der Waals surface area contributed by atoms with Crippen LogP contribution in [0.1, 0.15) is 13.3 Å². The van der Waals surface area contributed by atoms with Crippen LogP contribution in [0.3, 0.4) is 0 Å². The molecule has 0 radical (unpaired) electrons. The molecule has 0 aliphatic heterocycles. The highest BCUT2D eigenvalue weighted by atomic mass is 32.2. The van der Waals surface area contributed by atoms with Crippen molar-refractivity contribution < 1.29 is 13.5 Å². The van der Waals surface area contributed by atoms with Crippen molar-refractivity contribution in [2.75, 3.05) is 6.54 Å². The Balaban J connectivity index is 2.71. The third-order valence-electron chi connectivity index (χ3n) is 1.97. The second-order valence-corrected chi connectivity index (χ2v) is 5.02. The van der Waals surface area contributed by atoms with E-state index in [-0.39, 0.29) is 10.6 Å². The van der Waals surface area contributed by atoms with Crippen molar-refractivity contribution in [3.05, 3.63) is 36.4 Å². The van der Waals surface area contributed by atoms with Crippen LogP contribution in [0.15, 0.2) is 41.3 Å². The lowest BCUT2D eigenvalue weighted by molar-refractivity contribution is 0.473. The van der Waals surface area contributed by atoms with Crippen molar-refractivity contribution in [2.45, 2.75) is 18.2 Å². The normalized spacial score (nSPS) is 12.1. The molecule has 0 aliphatic rings. The van der Waals surface area contributed by atoms with Crippen LogP contribution in [0, 0.1) is 0 Å². The van der Waals surface area contributed by atoms with E-state index in [1.165, 1.54) is 24.3 Å². The van der Waals surface area contributed by atoms with E-state index in [1.54, 1.807) is 0 Å². The SMILES string of the molecule is C/C=C/CCNS(=O)(=O)c1cccc(O)c1. The van der Waals surface area contributed by atoms with Gasteiger partial charge in [-0.3, -0.25) is 0 Å². The summed E-state index contributed by atoms with van der Waals surface area (Å²) in [5.41, 5.74) is 0. The van der Waals surface area contributed by atoms with Gasteiger partial charge in [-0.25, -0.2) is 13.1 Å². The molecule has 0 bridgehead atoms. The monoisotopic (exact) mass is 241 g/mol. The fraction of sp³-hybridized carbons (Fsp3) is 0.273. The fourth-order valence-electron chi connectivity index (χ4n) is 1.18. The highest BCUT2D eigenvalue weighted by Crippen LogP contribution is 2.15. The van der Waals surface area contributed by atoms with Gasteiger partial charge in [0.15, 0.2) is 0 Å². The molecule has 1 aromatic rings. The summed E-state index contributed by atoms with van der Waals surface area (Å²) >= 11 is 0. The summed E-state index contributed by atoms with van der Waals surface area (Å²) < 4.78 is 25.8. The molecule has 1 aromatic carbocycles. The van der Waals surface area contributed by atoms with Crippen LogP contribution < -0.4 is 4.72 Å². The van der Waals surface area contributed by atoms with E-state index in [9.17, 15) is 13.5 Å². The van der Waals surface area contributed by atoms with Gasteiger partial charge in [0, 0.05) is 6.54 Å². The number of phenols is 1. The van der Waals surface area contributed by atoms with E-state index < -0.39 is 10.0 Å². The van der Waals surface area contributed by atoms with Crippen LogP contribution in [0.4, 0.5) is 0 Å². The van der Waals surface area contributed by atoms with Crippen molar-refractivity contribution in [1.82, 2.24) is 4.72 Å². The van der Waals surface area contributed by atoms with Crippen LogP contribution in [0.5, 0.6) is 5.75 Å². The maximum absolute atomic E-state index is 11.7. The smallest absolute Gasteiger partial charge is 0.240 e. The van der Waals surface area contributed by atoms with Gasteiger partial charge in [0.05, 0.1) is 4.90 Å². The van der Waals surface area contributed by atoms with Gasteiger partial charge in [0.25, 0.3) is 0 Å². The molecule has 5 heteroatoms. The van der Waals surface area contributed by atoms with Gasteiger partial charge in [-0.1, -0.05) is 18.2 Å². The molecule has 0 atom stereocenters. The molecule has 0 aliphatic carbocycles. The van der Waals surface area contributed by atoms with Crippen LogP contribution in [-0.2, 0) is 10.0 Å². The molecule has 0 saturated heterocycles. The summed E-state index contributed by atoms with van der Waals surface area (Å²) in [4.78, 5) is 0.0768. The second-order valence-electron chi connectivity index (χ2n) is 3.25. The largest absolute Gasteiger partial charge is 0.508 e. The first-order valence-electron chi connectivity index (χ1n) is 4.96. The van der Waals surface area contributed by atoms with Crippen molar-refractivity contribution in [1.29, 1.82) is 0 Å². The molecule has 0 heterocycles. The van der Waals surface area contributed by atoms with Crippen molar-refractivity contribution in [3.8, 4) is 5.75 Å². The number of hydrogen-bond donors (Lipinski definition) is 2. The van der Waals surface area contributed by atoms with Gasteiger partial charge >= 0.3 is 0 Å². The van der Waals surface area contributed by atoms with E-state index in [0.717, 1.165) is 0 Å². The van der Waals surface area contributed by atoms with Crippen molar-refractivity contribution in [3.63, 3.8) is 0 Å². The summed E-state index contributed by atoms with van der Waals surface area (Å²) in [5, 5.41) is 9.18. The number of benzene rings is 1. The maximum atomic E-state index is 11.7. The van der Waals surface area contributed by atoms with Crippen LogP contribution in [-0.4, -0.2) is 20.1 Å². The molecule has 0 spiro atoms. The van der Waals surface area contributed by atoms with Gasteiger partial charge < -0.3 is 5.11 Å². The quantitative estimate of drug-likeness (QED) is 0.608. The second kappa shape index (κ2) is 5.67. The predicted octanol–water partition coefficient (Wildman–Crippen LogP) is 1.64. The first kappa shape index (κ1) is 12.7. The molecular weight excluding hydrogens is 226 g/mol. The zero-order valence-electron chi connectivity index (χ0n) is 9.05. The van der Waals surface area contributed by atoms with Crippen LogP contribution in [0.2, 0.25) is 0 Å². The summed E-state index contributed by atoms with van der Waals surface area (Å²) in [6, 6.07) is 5.59. The summed E-state index contributed by atoms with van der Waals surface area (Å²) in [6.07, 6.45) is 4.39. The zero-order chi connectivity index (χ0) is 12.0. The first-order chi connectivity index (χ1) is 7.56. The minimum atomic E-state index is -3.51. The summed E-state index contributed by atoms with van der Waals surface area (Å²) in [5.74, 6) is -0.0590. The van der Waals surface area contributed by atoms with E-state index in [2.05, 4.69) is 4.72 Å². The number of hydrogen-bond acceptors (Lipinski definition) is 3. The van der Waals surface area contributed by atoms with Gasteiger partial charge in [-0.05, 0) is 31.5 Å². The Hall–Kier alpha value is -1.33. The van der Waals surface area contributed by atoms with E-state index >= 15 is 0 Å². The number of nitrogens with one attached hydrogen (secondary N) is 1. The third-order valence-corrected chi connectivity index (χ3v) is 3.43. The van der Waals surface area contributed by atoms with Crippen LogP contribution >= 0.6 is 0 Å². The number of phenolic OH excluding ortho intramolecular Hbond substituents is 1. The molecule has 0 unspecified atom stereocenters. The molecule has 16 heavy (non-hydrogen) atoms. The topological polar surface area (TPSA) is 66.4 Å². The van der Waals surface area contributed by atoms with E-state index in [1.807, 2.05) is 19.1 Å². The molecular formula is C11H15NO3S. The van der Waals surface area contributed by atoms with Gasteiger partial charge in [0.2, 0.25) is 10.0 Å². The average Bonchev–Trinajstić information content (AvgIpc) is 2.24. The van der Waals surface area contributed by atoms with Crippen molar-refractivity contribution >= 4 is 10.0 Å². The Kier molecular flexibility index (Phi) is 4.52. The van der Waals surface area contributed by atoms with E-state index in [4.69, 9.17) is 0 Å². The molecule has 88 valence electrons. The maximum Gasteiger partial charge on any atom is 0.240 e. The Morgan fingerprint density at radius 2 is 2.19 bits per heavy atom. The summed E-state index contributed by atoms with van der Waals surface area (Å²) in [7, 11) is -3.51. The van der Waals surface area contributed by atoms with Gasteiger partial charge in [0.1, 0.15) is 5.75 Å². The molecule has 0 fully saturated rings.